The maximum Gasteiger partial charge on any atom is 0.308 e. The van der Waals surface area contributed by atoms with Gasteiger partial charge in [-0.3, -0.25) is 14.4 Å². The predicted molar refractivity (Wildman–Crippen MR) is 101 cm³/mol. The van der Waals surface area contributed by atoms with Gasteiger partial charge in [0.1, 0.15) is 0 Å². The van der Waals surface area contributed by atoms with Gasteiger partial charge in [-0.1, -0.05) is 30.3 Å². The van der Waals surface area contributed by atoms with E-state index in [1.807, 2.05) is 18.2 Å². The van der Waals surface area contributed by atoms with Gasteiger partial charge in [-0.2, -0.15) is 0 Å². The molecule has 6 nitrogen and oxygen atoms in total. The fraction of sp³-hybridized carbons (Fsp3) is 0.286. The molecule has 0 aromatic heterocycles. The van der Waals surface area contributed by atoms with Crippen molar-refractivity contribution in [3.05, 3.63) is 65.7 Å². The van der Waals surface area contributed by atoms with E-state index < -0.39 is 17.9 Å². The number of nitrogens with zero attached hydrogens (tertiary/aromatic N) is 1. The fourth-order valence-corrected chi connectivity index (χ4v) is 3.24. The van der Waals surface area contributed by atoms with Crippen LogP contribution < -0.4 is 10.2 Å². The number of aliphatic carboxylic acids is 1. The molecule has 0 radical (unpaired) electrons. The Morgan fingerprint density at radius 2 is 1.74 bits per heavy atom. The quantitative estimate of drug-likeness (QED) is 0.823. The Balaban J connectivity index is 1.77. The van der Waals surface area contributed by atoms with Crippen LogP contribution in [0.3, 0.4) is 0 Å². The first-order valence-electron chi connectivity index (χ1n) is 8.96. The molecule has 2 atom stereocenters. The van der Waals surface area contributed by atoms with Crippen LogP contribution in [0.4, 0.5) is 5.69 Å². The number of hydrogen-bond acceptors (Lipinski definition) is 3. The highest BCUT2D eigenvalue weighted by Gasteiger charge is 2.27. The minimum atomic E-state index is -0.980. The standard InChI is InChI=1S/C21H22N2O4/c1-14(21(26)27)19(15-6-3-2-4-7-15)22-20(25)16-9-11-17(12-10-16)23-13-5-8-18(23)24/h2-4,6-7,9-12,14,19H,5,8,13H2,1H3,(H,22,25)(H,26,27). The number of nitrogens with one attached hydrogen (secondary N) is 1. The Labute approximate surface area is 157 Å². The highest BCUT2D eigenvalue weighted by atomic mass is 16.4. The van der Waals surface area contributed by atoms with E-state index in [2.05, 4.69) is 5.32 Å². The maximum absolute atomic E-state index is 12.7. The lowest BCUT2D eigenvalue weighted by Crippen LogP contribution is -2.35. The van der Waals surface area contributed by atoms with Crippen molar-refractivity contribution < 1.29 is 19.5 Å². The second-order valence-electron chi connectivity index (χ2n) is 6.68. The molecule has 2 aromatic rings. The van der Waals surface area contributed by atoms with Gasteiger partial charge < -0.3 is 15.3 Å². The first-order valence-corrected chi connectivity index (χ1v) is 8.96. The molecule has 0 saturated carbocycles. The van der Waals surface area contributed by atoms with Crippen molar-refractivity contribution in [2.45, 2.75) is 25.8 Å². The number of benzene rings is 2. The number of carboxylic acids is 1. The van der Waals surface area contributed by atoms with Crippen LogP contribution in [0.1, 0.15) is 41.7 Å². The van der Waals surface area contributed by atoms with Crippen LogP contribution >= 0.6 is 0 Å². The molecule has 2 aromatic carbocycles. The lowest BCUT2D eigenvalue weighted by atomic mass is 9.94. The summed E-state index contributed by atoms with van der Waals surface area (Å²) in [6, 6.07) is 15.2. The molecule has 6 heteroatoms. The monoisotopic (exact) mass is 366 g/mol. The van der Waals surface area contributed by atoms with E-state index in [1.54, 1.807) is 48.2 Å². The van der Waals surface area contributed by atoms with Crippen molar-refractivity contribution in [2.75, 3.05) is 11.4 Å². The van der Waals surface area contributed by atoms with Gasteiger partial charge in [-0.05, 0) is 43.2 Å². The van der Waals surface area contributed by atoms with Gasteiger partial charge in [-0.15, -0.1) is 0 Å². The summed E-state index contributed by atoms with van der Waals surface area (Å²) in [6.45, 7) is 2.26. The topological polar surface area (TPSA) is 86.7 Å². The summed E-state index contributed by atoms with van der Waals surface area (Å²) < 4.78 is 0. The van der Waals surface area contributed by atoms with Crippen molar-refractivity contribution >= 4 is 23.5 Å². The van der Waals surface area contributed by atoms with E-state index in [0.717, 1.165) is 17.7 Å². The smallest absolute Gasteiger partial charge is 0.308 e. The first kappa shape index (κ1) is 18.6. The molecule has 0 spiro atoms. The third kappa shape index (κ3) is 4.16. The molecule has 2 amide bonds. The van der Waals surface area contributed by atoms with Crippen molar-refractivity contribution in [2.24, 2.45) is 5.92 Å². The van der Waals surface area contributed by atoms with Crippen LogP contribution in [0.2, 0.25) is 0 Å². The Morgan fingerprint density at radius 1 is 1.07 bits per heavy atom. The van der Waals surface area contributed by atoms with Crippen LogP contribution in [0.15, 0.2) is 54.6 Å². The lowest BCUT2D eigenvalue weighted by molar-refractivity contribution is -0.142. The van der Waals surface area contributed by atoms with E-state index in [-0.39, 0.29) is 11.8 Å². The van der Waals surface area contributed by atoms with E-state index in [1.165, 1.54) is 0 Å². The molecule has 0 aliphatic carbocycles. The van der Waals surface area contributed by atoms with Crippen LogP contribution in [-0.2, 0) is 9.59 Å². The molecular weight excluding hydrogens is 344 g/mol. The van der Waals surface area contributed by atoms with Gasteiger partial charge in [-0.25, -0.2) is 0 Å². The predicted octanol–water partition coefficient (Wildman–Crippen LogP) is 3.01. The summed E-state index contributed by atoms with van der Waals surface area (Å²) in [5.74, 6) is -2.02. The highest BCUT2D eigenvalue weighted by Crippen LogP contribution is 2.24. The van der Waals surface area contributed by atoms with Crippen molar-refractivity contribution in [1.29, 1.82) is 0 Å². The van der Waals surface area contributed by atoms with Crippen molar-refractivity contribution in [3.63, 3.8) is 0 Å². The van der Waals surface area contributed by atoms with Gasteiger partial charge >= 0.3 is 5.97 Å². The van der Waals surface area contributed by atoms with Gasteiger partial charge in [0.2, 0.25) is 5.91 Å². The average molecular weight is 366 g/mol. The number of carbonyl (C=O) groups excluding carboxylic acids is 2. The summed E-state index contributed by atoms with van der Waals surface area (Å²) >= 11 is 0. The summed E-state index contributed by atoms with van der Waals surface area (Å²) in [7, 11) is 0. The third-order valence-corrected chi connectivity index (χ3v) is 4.85. The Hall–Kier alpha value is -3.15. The highest BCUT2D eigenvalue weighted by molar-refractivity contribution is 5.97. The second-order valence-corrected chi connectivity index (χ2v) is 6.68. The lowest BCUT2D eigenvalue weighted by Gasteiger charge is -2.23. The van der Waals surface area contributed by atoms with Gasteiger partial charge in [0.25, 0.3) is 5.91 Å². The summed E-state index contributed by atoms with van der Waals surface area (Å²) in [5.41, 5.74) is 1.93. The van der Waals surface area contributed by atoms with Crippen LogP contribution in [0, 0.1) is 5.92 Å². The van der Waals surface area contributed by atoms with E-state index >= 15 is 0 Å². The molecule has 140 valence electrons. The number of amides is 2. The summed E-state index contributed by atoms with van der Waals surface area (Å²) in [4.78, 5) is 37.7. The molecule has 2 N–H and O–H groups in total. The molecule has 27 heavy (non-hydrogen) atoms. The van der Waals surface area contributed by atoms with Gasteiger partial charge in [0.05, 0.1) is 12.0 Å². The fourth-order valence-electron chi connectivity index (χ4n) is 3.24. The zero-order valence-corrected chi connectivity index (χ0v) is 15.1. The molecule has 3 rings (SSSR count). The first-order chi connectivity index (χ1) is 13.0. The van der Waals surface area contributed by atoms with E-state index in [9.17, 15) is 19.5 Å². The minimum absolute atomic E-state index is 0.0895. The number of rotatable bonds is 6. The molecule has 2 unspecified atom stereocenters. The van der Waals surface area contributed by atoms with E-state index in [0.29, 0.717) is 18.5 Å². The maximum atomic E-state index is 12.7. The molecule has 1 aliphatic rings. The van der Waals surface area contributed by atoms with Crippen LogP contribution in [-0.4, -0.2) is 29.4 Å². The Kier molecular flexibility index (Phi) is 5.54. The summed E-state index contributed by atoms with van der Waals surface area (Å²) in [5, 5.41) is 12.2. The molecule has 1 heterocycles. The Bertz CT molecular complexity index is 833. The third-order valence-electron chi connectivity index (χ3n) is 4.85. The molecule has 0 bridgehead atoms. The largest absolute Gasteiger partial charge is 0.481 e. The zero-order chi connectivity index (χ0) is 19.4. The number of hydrogen-bond donors (Lipinski definition) is 2. The minimum Gasteiger partial charge on any atom is -0.481 e. The average Bonchev–Trinajstić information content (AvgIpc) is 3.12. The molecule has 1 saturated heterocycles. The normalized spacial score (nSPS) is 16.0. The van der Waals surface area contributed by atoms with Crippen LogP contribution in [0.25, 0.3) is 0 Å². The number of carbonyl (C=O) groups is 3. The van der Waals surface area contributed by atoms with Crippen molar-refractivity contribution in [1.82, 2.24) is 5.32 Å². The molecule has 1 aliphatic heterocycles. The van der Waals surface area contributed by atoms with Gasteiger partial charge in [0, 0.05) is 24.2 Å². The van der Waals surface area contributed by atoms with Crippen molar-refractivity contribution in [3.8, 4) is 0 Å². The zero-order valence-electron chi connectivity index (χ0n) is 15.1. The molecule has 1 fully saturated rings. The van der Waals surface area contributed by atoms with E-state index in [4.69, 9.17) is 0 Å². The summed E-state index contributed by atoms with van der Waals surface area (Å²) in [6.07, 6.45) is 1.39. The second kappa shape index (κ2) is 8.03. The van der Waals surface area contributed by atoms with Gasteiger partial charge in [0.15, 0.2) is 0 Å². The SMILES string of the molecule is CC(C(=O)O)C(NC(=O)c1ccc(N2CCCC2=O)cc1)c1ccccc1. The molecular formula is C21H22N2O4. The number of carboxylic acid groups (broad SMARTS) is 1. The van der Waals surface area contributed by atoms with Crippen LogP contribution in [0.5, 0.6) is 0 Å². The number of anilines is 1. The Morgan fingerprint density at radius 3 is 2.30 bits per heavy atom.